The number of imidazole rings is 1. The van der Waals surface area contributed by atoms with Crippen molar-refractivity contribution >= 4 is 33.6 Å². The molecule has 1 amide bonds. The summed E-state index contributed by atoms with van der Waals surface area (Å²) in [6, 6.07) is 12.9. The van der Waals surface area contributed by atoms with Crippen LogP contribution in [0.15, 0.2) is 64.4 Å². The van der Waals surface area contributed by atoms with Crippen LogP contribution in [0.2, 0.25) is 0 Å². The van der Waals surface area contributed by atoms with E-state index in [4.69, 9.17) is 5.73 Å². The average Bonchev–Trinajstić information content (AvgIpc) is 3.04. The summed E-state index contributed by atoms with van der Waals surface area (Å²) in [6.45, 7) is 0. The second-order valence-electron chi connectivity index (χ2n) is 5.57. The fourth-order valence-corrected chi connectivity index (χ4v) is 3.44. The van der Waals surface area contributed by atoms with Crippen molar-refractivity contribution < 1.29 is 22.7 Å². The van der Waals surface area contributed by atoms with Crippen LogP contribution in [-0.4, -0.2) is 27.6 Å². The Morgan fingerprint density at radius 1 is 1.14 bits per heavy atom. The molecule has 0 unspecified atom stereocenters. The maximum Gasteiger partial charge on any atom is 0.573 e. The molecule has 2 N–H and O–H groups in total. The molecule has 0 atom stereocenters. The maximum atomic E-state index is 12.4. The van der Waals surface area contributed by atoms with Crippen molar-refractivity contribution in [1.29, 1.82) is 0 Å². The standard InChI is InChI=1S/C18H13BrF3N3O2S/c19-12-3-1-11(2-4-12)15-9-24-17(28-10-16(23)26)25(15)13-5-7-14(8-6-13)27-18(20,21)22/h1-9H,10H2,(H2,23,26). The fourth-order valence-electron chi connectivity index (χ4n) is 2.44. The fraction of sp³-hybridized carbons (Fsp3) is 0.111. The molecule has 0 aliphatic heterocycles. The number of alkyl halides is 3. The van der Waals surface area contributed by atoms with Crippen LogP contribution in [0.4, 0.5) is 13.2 Å². The molecule has 0 aliphatic rings. The normalized spacial score (nSPS) is 11.4. The minimum absolute atomic E-state index is 0.0199. The number of thioether (sulfide) groups is 1. The number of hydrogen-bond acceptors (Lipinski definition) is 4. The molecule has 0 bridgehead atoms. The summed E-state index contributed by atoms with van der Waals surface area (Å²) in [4.78, 5) is 15.5. The third kappa shape index (κ3) is 5.08. The van der Waals surface area contributed by atoms with Gasteiger partial charge in [0.15, 0.2) is 5.16 Å². The number of amides is 1. The van der Waals surface area contributed by atoms with Gasteiger partial charge in [0.25, 0.3) is 0 Å². The highest BCUT2D eigenvalue weighted by Gasteiger charge is 2.31. The first kappa shape index (κ1) is 20.3. The van der Waals surface area contributed by atoms with E-state index in [-0.39, 0.29) is 11.5 Å². The molecule has 0 aliphatic carbocycles. The molecular formula is C18H13BrF3N3O2S. The molecule has 3 aromatic rings. The summed E-state index contributed by atoms with van der Waals surface area (Å²) in [5.74, 6) is -0.807. The highest BCUT2D eigenvalue weighted by molar-refractivity contribution is 9.10. The number of nitrogens with zero attached hydrogens (tertiary/aromatic N) is 2. The highest BCUT2D eigenvalue weighted by Crippen LogP contribution is 2.32. The van der Waals surface area contributed by atoms with E-state index in [0.29, 0.717) is 16.5 Å². The van der Waals surface area contributed by atoms with Gasteiger partial charge in [-0.05, 0) is 36.4 Å². The van der Waals surface area contributed by atoms with Crippen molar-refractivity contribution in [3.63, 3.8) is 0 Å². The Morgan fingerprint density at radius 2 is 1.79 bits per heavy atom. The first-order chi connectivity index (χ1) is 13.2. The van der Waals surface area contributed by atoms with Gasteiger partial charge in [-0.25, -0.2) is 4.98 Å². The molecule has 10 heteroatoms. The van der Waals surface area contributed by atoms with E-state index in [1.807, 2.05) is 24.3 Å². The van der Waals surface area contributed by atoms with Crippen molar-refractivity contribution in [2.24, 2.45) is 5.73 Å². The predicted molar refractivity (Wildman–Crippen MR) is 103 cm³/mol. The van der Waals surface area contributed by atoms with Gasteiger partial charge >= 0.3 is 6.36 Å². The molecule has 2 aromatic carbocycles. The highest BCUT2D eigenvalue weighted by atomic mass is 79.9. The van der Waals surface area contributed by atoms with Crippen molar-refractivity contribution in [3.8, 4) is 22.7 Å². The zero-order chi connectivity index (χ0) is 20.3. The van der Waals surface area contributed by atoms with Gasteiger partial charge in [-0.3, -0.25) is 9.36 Å². The topological polar surface area (TPSA) is 70.1 Å². The molecule has 0 radical (unpaired) electrons. The zero-order valence-corrected chi connectivity index (χ0v) is 16.5. The SMILES string of the molecule is NC(=O)CSc1ncc(-c2ccc(Br)cc2)n1-c1ccc(OC(F)(F)F)cc1. The molecule has 0 fully saturated rings. The Morgan fingerprint density at radius 3 is 2.36 bits per heavy atom. The van der Waals surface area contributed by atoms with Crippen LogP contribution >= 0.6 is 27.7 Å². The Balaban J connectivity index is 2.02. The van der Waals surface area contributed by atoms with E-state index in [1.54, 1.807) is 10.8 Å². The number of ether oxygens (including phenoxy) is 1. The number of benzene rings is 2. The zero-order valence-electron chi connectivity index (χ0n) is 14.1. The Bertz CT molecular complexity index is 973. The minimum atomic E-state index is -4.76. The quantitative estimate of drug-likeness (QED) is 0.525. The lowest BCUT2D eigenvalue weighted by atomic mass is 10.1. The smallest absolute Gasteiger partial charge is 0.406 e. The molecule has 1 heterocycles. The second kappa shape index (κ2) is 8.27. The lowest BCUT2D eigenvalue weighted by Crippen LogP contribution is -2.17. The third-order valence-corrected chi connectivity index (χ3v) is 5.05. The number of nitrogens with two attached hydrogens (primary N) is 1. The Labute approximate surface area is 170 Å². The van der Waals surface area contributed by atoms with Gasteiger partial charge in [0.2, 0.25) is 5.91 Å². The summed E-state index contributed by atoms with van der Waals surface area (Å²) in [7, 11) is 0. The molecule has 146 valence electrons. The first-order valence-corrected chi connectivity index (χ1v) is 9.62. The van der Waals surface area contributed by atoms with Gasteiger partial charge in [-0.1, -0.05) is 39.8 Å². The third-order valence-electron chi connectivity index (χ3n) is 3.54. The second-order valence-corrected chi connectivity index (χ2v) is 7.42. The van der Waals surface area contributed by atoms with Crippen LogP contribution in [0.5, 0.6) is 5.75 Å². The molecule has 0 spiro atoms. The number of hydrogen-bond donors (Lipinski definition) is 1. The molecule has 0 saturated heterocycles. The summed E-state index contributed by atoms with van der Waals surface area (Å²) >= 11 is 4.52. The molecule has 3 rings (SSSR count). The maximum absolute atomic E-state index is 12.4. The van der Waals surface area contributed by atoms with Gasteiger partial charge in [-0.15, -0.1) is 13.2 Å². The Hall–Kier alpha value is -2.46. The molecule has 28 heavy (non-hydrogen) atoms. The molecule has 5 nitrogen and oxygen atoms in total. The van der Waals surface area contributed by atoms with Crippen molar-refractivity contribution in [3.05, 3.63) is 59.2 Å². The number of rotatable bonds is 6. The lowest BCUT2D eigenvalue weighted by Gasteiger charge is -2.13. The van der Waals surface area contributed by atoms with Gasteiger partial charge in [0.1, 0.15) is 5.75 Å². The van der Waals surface area contributed by atoms with E-state index in [1.165, 1.54) is 24.3 Å². The van der Waals surface area contributed by atoms with Gasteiger partial charge < -0.3 is 10.5 Å². The van der Waals surface area contributed by atoms with Crippen LogP contribution < -0.4 is 10.5 Å². The number of aromatic nitrogens is 2. The van der Waals surface area contributed by atoms with E-state index < -0.39 is 12.3 Å². The minimum Gasteiger partial charge on any atom is -0.406 e. The van der Waals surface area contributed by atoms with Crippen molar-refractivity contribution in [2.45, 2.75) is 11.5 Å². The number of halogens is 4. The number of primary amides is 1. The molecular weight excluding hydrogens is 459 g/mol. The van der Waals surface area contributed by atoms with Crippen LogP contribution in [0.25, 0.3) is 16.9 Å². The summed E-state index contributed by atoms with van der Waals surface area (Å²) in [6.07, 6.45) is -3.13. The van der Waals surface area contributed by atoms with Crippen molar-refractivity contribution in [2.75, 3.05) is 5.75 Å². The van der Waals surface area contributed by atoms with Gasteiger partial charge in [-0.2, -0.15) is 0 Å². The number of carbonyl (C=O) groups is 1. The van der Waals surface area contributed by atoms with Crippen LogP contribution in [-0.2, 0) is 4.79 Å². The Kier molecular flexibility index (Phi) is 5.99. The summed E-state index contributed by atoms with van der Waals surface area (Å²) < 4.78 is 43.7. The van der Waals surface area contributed by atoms with Crippen LogP contribution in [0, 0.1) is 0 Å². The monoisotopic (exact) mass is 471 g/mol. The molecule has 1 aromatic heterocycles. The van der Waals surface area contributed by atoms with Crippen LogP contribution in [0.1, 0.15) is 0 Å². The summed E-state index contributed by atoms with van der Waals surface area (Å²) in [5, 5.41) is 0.487. The number of carbonyl (C=O) groups excluding carboxylic acids is 1. The van der Waals surface area contributed by atoms with E-state index >= 15 is 0 Å². The lowest BCUT2D eigenvalue weighted by molar-refractivity contribution is -0.274. The van der Waals surface area contributed by atoms with Crippen molar-refractivity contribution in [1.82, 2.24) is 9.55 Å². The van der Waals surface area contributed by atoms with E-state index in [9.17, 15) is 18.0 Å². The predicted octanol–water partition coefficient (Wildman–Crippen LogP) is 4.78. The van der Waals surface area contributed by atoms with E-state index in [0.717, 1.165) is 21.8 Å². The van der Waals surface area contributed by atoms with Gasteiger partial charge in [0, 0.05) is 15.7 Å². The average molecular weight is 472 g/mol. The van der Waals surface area contributed by atoms with Gasteiger partial charge in [0.05, 0.1) is 17.6 Å². The summed E-state index contributed by atoms with van der Waals surface area (Å²) in [5.41, 5.74) is 7.34. The van der Waals surface area contributed by atoms with E-state index in [2.05, 4.69) is 25.7 Å². The largest absolute Gasteiger partial charge is 0.573 e. The molecule has 0 saturated carbocycles. The first-order valence-electron chi connectivity index (χ1n) is 7.84. The van der Waals surface area contributed by atoms with Crippen LogP contribution in [0.3, 0.4) is 0 Å².